The average molecular weight is 355 g/mol. The molecule has 0 aliphatic carbocycles. The van der Waals surface area contributed by atoms with Crippen LogP contribution < -0.4 is 10.1 Å². The molecule has 0 saturated carbocycles. The van der Waals surface area contributed by atoms with Crippen LogP contribution in [0, 0.1) is 0 Å². The monoisotopic (exact) mass is 354 g/mol. The molecule has 0 radical (unpaired) electrons. The van der Waals surface area contributed by atoms with Gasteiger partial charge in [-0.25, -0.2) is 0 Å². The van der Waals surface area contributed by atoms with Gasteiger partial charge in [0.1, 0.15) is 18.3 Å². The number of halogens is 1. The number of methoxy groups -OCH3 is 1. The van der Waals surface area contributed by atoms with Crippen LogP contribution in [0.3, 0.4) is 0 Å². The van der Waals surface area contributed by atoms with Crippen molar-refractivity contribution in [1.82, 2.24) is 10.2 Å². The standard InChI is InChI=1S/C14H15BrN2O4/c1-3-11-13(19)16-12(18)7-17(11)14(20)9-6-8(21-2)4-5-10(9)15/h4-6,11H,3,7H2,1-2H3,(H,16,18,19). The number of piperazine rings is 1. The molecule has 1 saturated heterocycles. The summed E-state index contributed by atoms with van der Waals surface area (Å²) in [5, 5.41) is 2.25. The second-order valence-corrected chi connectivity index (χ2v) is 5.47. The Balaban J connectivity index is 2.37. The van der Waals surface area contributed by atoms with Crippen molar-refractivity contribution in [2.24, 2.45) is 0 Å². The van der Waals surface area contributed by atoms with Crippen molar-refractivity contribution < 1.29 is 19.1 Å². The molecular formula is C14H15BrN2O4. The fourth-order valence-corrected chi connectivity index (χ4v) is 2.65. The number of carbonyl (C=O) groups excluding carboxylic acids is 3. The van der Waals surface area contributed by atoms with E-state index in [2.05, 4.69) is 21.2 Å². The molecule has 21 heavy (non-hydrogen) atoms. The lowest BCUT2D eigenvalue weighted by Gasteiger charge is -2.33. The molecule has 1 heterocycles. The highest BCUT2D eigenvalue weighted by Gasteiger charge is 2.36. The van der Waals surface area contributed by atoms with Gasteiger partial charge < -0.3 is 9.64 Å². The summed E-state index contributed by atoms with van der Waals surface area (Å²) in [7, 11) is 1.50. The summed E-state index contributed by atoms with van der Waals surface area (Å²) in [6.45, 7) is 1.66. The quantitative estimate of drug-likeness (QED) is 0.831. The van der Waals surface area contributed by atoms with Gasteiger partial charge in [-0.1, -0.05) is 6.92 Å². The van der Waals surface area contributed by atoms with Gasteiger partial charge in [-0.2, -0.15) is 0 Å². The van der Waals surface area contributed by atoms with E-state index in [1.807, 2.05) is 0 Å². The number of rotatable bonds is 3. The Hall–Kier alpha value is -1.89. The maximum Gasteiger partial charge on any atom is 0.256 e. The molecule has 1 aliphatic heterocycles. The van der Waals surface area contributed by atoms with Gasteiger partial charge >= 0.3 is 0 Å². The van der Waals surface area contributed by atoms with Crippen molar-refractivity contribution in [3.8, 4) is 5.75 Å². The van der Waals surface area contributed by atoms with Crippen LogP contribution in [-0.2, 0) is 9.59 Å². The van der Waals surface area contributed by atoms with Gasteiger partial charge in [0.2, 0.25) is 11.8 Å². The molecule has 1 atom stereocenters. The fraction of sp³-hybridized carbons (Fsp3) is 0.357. The third kappa shape index (κ3) is 3.07. The van der Waals surface area contributed by atoms with Crippen LogP contribution in [0.5, 0.6) is 5.75 Å². The SMILES string of the molecule is CCC1C(=O)NC(=O)CN1C(=O)c1cc(OC)ccc1Br. The normalized spacial score (nSPS) is 18.4. The predicted octanol–water partition coefficient (Wildman–Crippen LogP) is 1.33. The summed E-state index contributed by atoms with van der Waals surface area (Å²) in [4.78, 5) is 37.3. The van der Waals surface area contributed by atoms with Crippen molar-refractivity contribution in [1.29, 1.82) is 0 Å². The van der Waals surface area contributed by atoms with Crippen LogP contribution in [0.4, 0.5) is 0 Å². The zero-order valence-corrected chi connectivity index (χ0v) is 13.3. The summed E-state index contributed by atoms with van der Waals surface area (Å²) >= 11 is 3.31. The van der Waals surface area contributed by atoms with Gasteiger partial charge in [0.25, 0.3) is 5.91 Å². The van der Waals surface area contributed by atoms with Crippen LogP contribution >= 0.6 is 15.9 Å². The van der Waals surface area contributed by atoms with Crippen molar-refractivity contribution in [2.45, 2.75) is 19.4 Å². The highest BCUT2D eigenvalue weighted by Crippen LogP contribution is 2.25. The van der Waals surface area contributed by atoms with Crippen LogP contribution in [-0.4, -0.2) is 42.3 Å². The molecule has 3 amide bonds. The number of hydrogen-bond acceptors (Lipinski definition) is 4. The van der Waals surface area contributed by atoms with Crippen LogP contribution in [0.1, 0.15) is 23.7 Å². The molecule has 1 fully saturated rings. The molecule has 1 unspecified atom stereocenters. The van der Waals surface area contributed by atoms with Crippen molar-refractivity contribution in [2.75, 3.05) is 13.7 Å². The molecule has 1 aromatic carbocycles. The Bertz CT molecular complexity index is 603. The first-order chi connectivity index (χ1) is 9.97. The van der Waals surface area contributed by atoms with Crippen molar-refractivity contribution in [3.05, 3.63) is 28.2 Å². The van der Waals surface area contributed by atoms with E-state index in [9.17, 15) is 14.4 Å². The van der Waals surface area contributed by atoms with Gasteiger partial charge in [-0.3, -0.25) is 19.7 Å². The fourth-order valence-electron chi connectivity index (χ4n) is 2.24. The zero-order valence-electron chi connectivity index (χ0n) is 11.7. The predicted molar refractivity (Wildman–Crippen MR) is 79.0 cm³/mol. The van der Waals surface area contributed by atoms with E-state index in [0.717, 1.165) is 0 Å². The topological polar surface area (TPSA) is 75.7 Å². The second-order valence-electron chi connectivity index (χ2n) is 4.62. The molecule has 2 rings (SSSR count). The number of benzene rings is 1. The van der Waals surface area contributed by atoms with E-state index in [1.54, 1.807) is 25.1 Å². The van der Waals surface area contributed by atoms with Crippen LogP contribution in [0.25, 0.3) is 0 Å². The molecule has 0 spiro atoms. The van der Waals surface area contributed by atoms with E-state index in [0.29, 0.717) is 22.2 Å². The molecule has 7 heteroatoms. The average Bonchev–Trinajstić information content (AvgIpc) is 2.46. The zero-order chi connectivity index (χ0) is 15.6. The summed E-state index contributed by atoms with van der Waals surface area (Å²) in [5.41, 5.74) is 0.357. The van der Waals surface area contributed by atoms with E-state index in [-0.39, 0.29) is 12.5 Å². The van der Waals surface area contributed by atoms with E-state index < -0.39 is 17.9 Å². The molecule has 1 aromatic rings. The highest BCUT2D eigenvalue weighted by atomic mass is 79.9. The molecule has 1 N–H and O–H groups in total. The second kappa shape index (κ2) is 6.26. The van der Waals surface area contributed by atoms with E-state index >= 15 is 0 Å². The van der Waals surface area contributed by atoms with E-state index in [4.69, 9.17) is 4.74 Å². The van der Waals surface area contributed by atoms with E-state index in [1.165, 1.54) is 12.0 Å². The number of imide groups is 1. The molecular weight excluding hydrogens is 340 g/mol. The minimum absolute atomic E-state index is 0.132. The van der Waals surface area contributed by atoms with Crippen LogP contribution in [0.15, 0.2) is 22.7 Å². The lowest BCUT2D eigenvalue weighted by atomic mass is 10.1. The first-order valence-corrected chi connectivity index (χ1v) is 7.25. The Labute approximate surface area is 130 Å². The van der Waals surface area contributed by atoms with Gasteiger partial charge in [0.05, 0.1) is 12.7 Å². The summed E-state index contributed by atoms with van der Waals surface area (Å²) in [5.74, 6) is -0.767. The third-order valence-electron chi connectivity index (χ3n) is 3.31. The third-order valence-corrected chi connectivity index (χ3v) is 4.00. The Morgan fingerprint density at radius 2 is 2.19 bits per heavy atom. The number of ether oxygens (including phenoxy) is 1. The lowest BCUT2D eigenvalue weighted by molar-refractivity contribution is -0.138. The van der Waals surface area contributed by atoms with Gasteiger partial charge in [-0.05, 0) is 40.5 Å². The Morgan fingerprint density at radius 1 is 1.48 bits per heavy atom. The first-order valence-electron chi connectivity index (χ1n) is 6.46. The molecule has 1 aliphatic rings. The highest BCUT2D eigenvalue weighted by molar-refractivity contribution is 9.10. The van der Waals surface area contributed by atoms with Crippen LogP contribution in [0.2, 0.25) is 0 Å². The van der Waals surface area contributed by atoms with Gasteiger partial charge in [-0.15, -0.1) is 0 Å². The number of nitrogens with one attached hydrogen (secondary N) is 1. The number of nitrogens with zero attached hydrogens (tertiary/aromatic N) is 1. The maximum absolute atomic E-state index is 12.7. The lowest BCUT2D eigenvalue weighted by Crippen LogP contribution is -2.59. The van der Waals surface area contributed by atoms with Crippen molar-refractivity contribution in [3.63, 3.8) is 0 Å². The molecule has 6 nitrogen and oxygen atoms in total. The van der Waals surface area contributed by atoms with Gasteiger partial charge in [0.15, 0.2) is 0 Å². The number of amides is 3. The molecule has 112 valence electrons. The van der Waals surface area contributed by atoms with Gasteiger partial charge in [0, 0.05) is 4.47 Å². The van der Waals surface area contributed by atoms with Crippen molar-refractivity contribution >= 4 is 33.7 Å². The minimum atomic E-state index is -0.645. The summed E-state index contributed by atoms with van der Waals surface area (Å²) in [6.07, 6.45) is 0.437. The molecule has 0 aromatic heterocycles. The summed E-state index contributed by atoms with van der Waals surface area (Å²) < 4.78 is 5.69. The number of carbonyl (C=O) groups is 3. The minimum Gasteiger partial charge on any atom is -0.497 e. The number of hydrogen-bond donors (Lipinski definition) is 1. The largest absolute Gasteiger partial charge is 0.497 e. The maximum atomic E-state index is 12.7. The Morgan fingerprint density at radius 3 is 2.81 bits per heavy atom. The smallest absolute Gasteiger partial charge is 0.256 e. The summed E-state index contributed by atoms with van der Waals surface area (Å²) in [6, 6.07) is 4.34. The molecule has 0 bridgehead atoms. The Kier molecular flexibility index (Phi) is 4.62. The first kappa shape index (κ1) is 15.5.